The topological polar surface area (TPSA) is 115 Å². The number of fused-ring (bicyclic) bond motifs is 2. The Labute approximate surface area is 230 Å². The van der Waals surface area contributed by atoms with Crippen molar-refractivity contribution in [3.05, 3.63) is 65.9 Å². The second-order valence-corrected chi connectivity index (χ2v) is 8.87. The Bertz CT molecular complexity index is 1570. The zero-order valence-electron chi connectivity index (χ0n) is 22.4. The number of esters is 2. The van der Waals surface area contributed by atoms with Crippen molar-refractivity contribution in [1.82, 2.24) is 4.57 Å². The minimum absolute atomic E-state index is 0.0463. The zero-order chi connectivity index (χ0) is 28.2. The van der Waals surface area contributed by atoms with Crippen molar-refractivity contribution >= 4 is 22.8 Å². The van der Waals surface area contributed by atoms with E-state index in [0.29, 0.717) is 50.6 Å². The molecule has 0 amide bonds. The predicted octanol–water partition coefficient (Wildman–Crippen LogP) is 4.92. The van der Waals surface area contributed by atoms with Crippen LogP contribution in [0.25, 0.3) is 22.0 Å². The monoisotopic (exact) mass is 547 g/mol. The van der Waals surface area contributed by atoms with E-state index in [1.807, 2.05) is 10.6 Å². The number of carbonyl (C=O) groups excluding carboxylic acids is 2. The van der Waals surface area contributed by atoms with Crippen LogP contribution in [0.1, 0.15) is 29.9 Å². The van der Waals surface area contributed by atoms with E-state index in [2.05, 4.69) is 0 Å². The fourth-order valence-corrected chi connectivity index (χ4v) is 4.70. The van der Waals surface area contributed by atoms with Crippen LogP contribution >= 0.6 is 0 Å². The SMILES string of the molecule is CCOC(=O)COc1cc(OC)ccc1Cn1c(C(=O)OCC)c(-c2ccc3c(c2)OCO3)c2cc(O)ccc21. The maximum absolute atomic E-state index is 13.5. The molecule has 208 valence electrons. The molecule has 5 rings (SSSR count). The molecule has 4 aromatic rings. The normalized spacial score (nSPS) is 11.9. The van der Waals surface area contributed by atoms with Crippen molar-refractivity contribution in [3.63, 3.8) is 0 Å². The van der Waals surface area contributed by atoms with Gasteiger partial charge in [-0.2, -0.15) is 0 Å². The Hall–Kier alpha value is -4.86. The predicted molar refractivity (Wildman–Crippen MR) is 145 cm³/mol. The van der Waals surface area contributed by atoms with Gasteiger partial charge in [0.05, 0.1) is 26.9 Å². The van der Waals surface area contributed by atoms with Gasteiger partial charge in [0.25, 0.3) is 0 Å². The first-order chi connectivity index (χ1) is 19.4. The maximum Gasteiger partial charge on any atom is 0.355 e. The third kappa shape index (κ3) is 5.20. The average Bonchev–Trinajstić information content (AvgIpc) is 3.54. The maximum atomic E-state index is 13.5. The third-order valence-electron chi connectivity index (χ3n) is 6.43. The summed E-state index contributed by atoms with van der Waals surface area (Å²) in [4.78, 5) is 25.6. The number of phenols is 1. The Morgan fingerprint density at radius 2 is 1.75 bits per heavy atom. The van der Waals surface area contributed by atoms with Crippen molar-refractivity contribution in [2.24, 2.45) is 0 Å². The van der Waals surface area contributed by atoms with E-state index in [4.69, 9.17) is 28.4 Å². The molecule has 0 atom stereocenters. The Morgan fingerprint density at radius 3 is 2.52 bits per heavy atom. The third-order valence-corrected chi connectivity index (χ3v) is 6.43. The van der Waals surface area contributed by atoms with E-state index in [1.165, 1.54) is 7.11 Å². The van der Waals surface area contributed by atoms with E-state index in [-0.39, 0.29) is 44.6 Å². The van der Waals surface area contributed by atoms with Gasteiger partial charge in [0.1, 0.15) is 22.9 Å². The molecule has 10 heteroatoms. The molecule has 2 heterocycles. The molecule has 0 saturated heterocycles. The first-order valence-electron chi connectivity index (χ1n) is 12.8. The summed E-state index contributed by atoms with van der Waals surface area (Å²) in [5, 5.41) is 11.1. The molecule has 0 unspecified atom stereocenters. The number of nitrogens with zero attached hydrogens (tertiary/aromatic N) is 1. The molecule has 0 aliphatic carbocycles. The Morgan fingerprint density at radius 1 is 0.950 bits per heavy atom. The molecule has 0 saturated carbocycles. The lowest BCUT2D eigenvalue weighted by molar-refractivity contribution is -0.145. The molecule has 0 radical (unpaired) electrons. The highest BCUT2D eigenvalue weighted by Gasteiger charge is 2.27. The number of hydrogen-bond acceptors (Lipinski definition) is 9. The molecule has 3 aromatic carbocycles. The van der Waals surface area contributed by atoms with Crippen molar-refractivity contribution in [1.29, 1.82) is 0 Å². The van der Waals surface area contributed by atoms with E-state index >= 15 is 0 Å². The van der Waals surface area contributed by atoms with Gasteiger partial charge in [-0.3, -0.25) is 0 Å². The fraction of sp³-hybridized carbons (Fsp3) is 0.267. The lowest BCUT2D eigenvalue weighted by Gasteiger charge is -2.16. The summed E-state index contributed by atoms with van der Waals surface area (Å²) in [6.07, 6.45) is 0. The van der Waals surface area contributed by atoms with Crippen LogP contribution in [0.4, 0.5) is 0 Å². The first-order valence-corrected chi connectivity index (χ1v) is 12.8. The summed E-state index contributed by atoms with van der Waals surface area (Å²) in [6.45, 7) is 3.87. The molecular formula is C30H29NO9. The molecule has 1 N–H and O–H groups in total. The second kappa shape index (κ2) is 11.5. The molecule has 0 bridgehead atoms. The van der Waals surface area contributed by atoms with Gasteiger partial charge in [-0.15, -0.1) is 0 Å². The number of aromatic nitrogens is 1. The van der Waals surface area contributed by atoms with E-state index in [0.717, 1.165) is 0 Å². The van der Waals surface area contributed by atoms with Gasteiger partial charge in [-0.1, -0.05) is 6.07 Å². The number of phenolic OH excluding ortho intramolecular Hbond substituents is 1. The molecule has 1 aliphatic heterocycles. The highest BCUT2D eigenvalue weighted by atomic mass is 16.7. The van der Waals surface area contributed by atoms with Crippen LogP contribution in [0.5, 0.6) is 28.7 Å². The first kappa shape index (κ1) is 26.7. The number of ether oxygens (including phenoxy) is 6. The quantitative estimate of drug-likeness (QED) is 0.276. The van der Waals surface area contributed by atoms with Crippen molar-refractivity contribution in [3.8, 4) is 39.9 Å². The molecule has 40 heavy (non-hydrogen) atoms. The summed E-state index contributed by atoms with van der Waals surface area (Å²) in [5.74, 6) is 1.10. The molecular weight excluding hydrogens is 518 g/mol. The molecule has 1 aliphatic rings. The van der Waals surface area contributed by atoms with Crippen LogP contribution in [-0.2, 0) is 20.8 Å². The average molecular weight is 548 g/mol. The highest BCUT2D eigenvalue weighted by Crippen LogP contribution is 2.42. The van der Waals surface area contributed by atoms with Gasteiger partial charge in [0.2, 0.25) is 6.79 Å². The van der Waals surface area contributed by atoms with Gasteiger partial charge in [0.15, 0.2) is 18.1 Å². The van der Waals surface area contributed by atoms with Crippen molar-refractivity contribution in [2.75, 3.05) is 33.7 Å². The Kier molecular flexibility index (Phi) is 7.68. The lowest BCUT2D eigenvalue weighted by Crippen LogP contribution is -2.17. The van der Waals surface area contributed by atoms with Gasteiger partial charge in [-0.05, 0) is 61.9 Å². The van der Waals surface area contributed by atoms with E-state index < -0.39 is 11.9 Å². The largest absolute Gasteiger partial charge is 0.508 e. The van der Waals surface area contributed by atoms with E-state index in [1.54, 1.807) is 62.4 Å². The molecule has 0 spiro atoms. The van der Waals surface area contributed by atoms with Gasteiger partial charge in [-0.25, -0.2) is 9.59 Å². The van der Waals surface area contributed by atoms with Crippen LogP contribution in [0.2, 0.25) is 0 Å². The summed E-state index contributed by atoms with van der Waals surface area (Å²) >= 11 is 0. The zero-order valence-corrected chi connectivity index (χ0v) is 22.4. The van der Waals surface area contributed by atoms with Gasteiger partial charge in [0, 0.05) is 28.1 Å². The number of hydrogen-bond donors (Lipinski definition) is 1. The second-order valence-electron chi connectivity index (χ2n) is 8.87. The number of methoxy groups -OCH3 is 1. The lowest BCUT2D eigenvalue weighted by atomic mass is 10.0. The van der Waals surface area contributed by atoms with Gasteiger partial charge < -0.3 is 38.1 Å². The number of aromatic hydroxyl groups is 1. The standard InChI is InChI=1S/C30H29NO9/c1-4-36-27(33)16-38-25-14-21(35-3)9-6-19(25)15-31-23-10-8-20(32)13-22(23)28(29(31)30(34)37-5-2)18-7-11-24-26(12-18)40-17-39-24/h6-14,32H,4-5,15-17H2,1-3H3. The van der Waals surface area contributed by atoms with Crippen LogP contribution in [-0.4, -0.2) is 55.3 Å². The van der Waals surface area contributed by atoms with Gasteiger partial charge >= 0.3 is 11.9 Å². The summed E-state index contributed by atoms with van der Waals surface area (Å²) in [6, 6.07) is 15.6. The molecule has 1 aromatic heterocycles. The minimum atomic E-state index is -0.534. The Balaban J connectivity index is 1.68. The smallest absolute Gasteiger partial charge is 0.355 e. The fourth-order valence-electron chi connectivity index (χ4n) is 4.70. The van der Waals surface area contributed by atoms with Crippen LogP contribution < -0.4 is 18.9 Å². The molecule has 0 fully saturated rings. The van der Waals surface area contributed by atoms with Crippen LogP contribution in [0, 0.1) is 0 Å². The minimum Gasteiger partial charge on any atom is -0.508 e. The van der Waals surface area contributed by atoms with Crippen LogP contribution in [0.15, 0.2) is 54.6 Å². The summed E-state index contributed by atoms with van der Waals surface area (Å²) in [5.41, 5.74) is 2.91. The van der Waals surface area contributed by atoms with Crippen molar-refractivity contribution in [2.45, 2.75) is 20.4 Å². The number of carbonyl (C=O) groups is 2. The number of rotatable bonds is 10. The summed E-state index contributed by atoms with van der Waals surface area (Å²) in [7, 11) is 1.53. The summed E-state index contributed by atoms with van der Waals surface area (Å²) < 4.78 is 34.6. The molecule has 10 nitrogen and oxygen atoms in total. The van der Waals surface area contributed by atoms with Crippen LogP contribution in [0.3, 0.4) is 0 Å². The van der Waals surface area contributed by atoms with Crippen molar-refractivity contribution < 1.29 is 43.1 Å². The number of benzene rings is 3. The highest BCUT2D eigenvalue weighted by molar-refractivity contribution is 6.09. The van der Waals surface area contributed by atoms with E-state index in [9.17, 15) is 14.7 Å².